The Hall–Kier alpha value is -2.08. The van der Waals surface area contributed by atoms with Gasteiger partial charge in [0.1, 0.15) is 5.75 Å². The molecule has 20 heavy (non-hydrogen) atoms. The predicted molar refractivity (Wildman–Crippen MR) is 82.0 cm³/mol. The molecule has 6 heteroatoms. The molecule has 0 aliphatic carbocycles. The fourth-order valence-corrected chi connectivity index (χ4v) is 1.84. The second-order valence-electron chi connectivity index (χ2n) is 3.98. The van der Waals surface area contributed by atoms with E-state index in [0.717, 1.165) is 22.8 Å². The summed E-state index contributed by atoms with van der Waals surface area (Å²) in [6, 6.07) is 7.70. The first-order valence-corrected chi connectivity index (χ1v) is 7.28. The normalized spacial score (nSPS) is 10.8. The lowest BCUT2D eigenvalue weighted by molar-refractivity contribution is 0.415. The molecule has 0 amide bonds. The van der Waals surface area contributed by atoms with Crippen molar-refractivity contribution in [1.82, 2.24) is 15.2 Å². The number of benzene rings is 1. The van der Waals surface area contributed by atoms with E-state index in [1.54, 1.807) is 7.11 Å². The lowest BCUT2D eigenvalue weighted by Crippen LogP contribution is -1.98. The van der Waals surface area contributed by atoms with Crippen molar-refractivity contribution >= 4 is 23.5 Å². The highest BCUT2D eigenvalue weighted by Gasteiger charge is 2.01. The van der Waals surface area contributed by atoms with Crippen LogP contribution in [0.4, 0.5) is 5.69 Å². The lowest BCUT2D eigenvalue weighted by Gasteiger charge is -2.03. The molecular weight excluding hydrogens is 272 g/mol. The molecule has 0 aliphatic heterocycles. The van der Waals surface area contributed by atoms with Crippen LogP contribution < -0.4 is 10.1 Å². The molecule has 0 bridgehead atoms. The van der Waals surface area contributed by atoms with Crippen LogP contribution in [0.5, 0.6) is 5.75 Å². The summed E-state index contributed by atoms with van der Waals surface area (Å²) in [6.45, 7) is 1.89. The summed E-state index contributed by atoms with van der Waals surface area (Å²) in [7, 11) is 1.65. The number of nitrogens with one attached hydrogen (secondary N) is 1. The van der Waals surface area contributed by atoms with Crippen LogP contribution in [0.3, 0.4) is 0 Å². The van der Waals surface area contributed by atoms with Crippen LogP contribution in [0.1, 0.15) is 11.4 Å². The maximum Gasteiger partial charge on any atom is 0.209 e. The standard InChI is InChI=1S/C14H16N4OS/c1-10-13(16-14(20-3)18-17-10)8-9-15-11-4-6-12(19-2)7-5-11/h4-9,15H,1-3H3. The van der Waals surface area contributed by atoms with Gasteiger partial charge in [0.2, 0.25) is 5.16 Å². The topological polar surface area (TPSA) is 59.9 Å². The van der Waals surface area contributed by atoms with Gasteiger partial charge in [0.05, 0.1) is 18.5 Å². The summed E-state index contributed by atoms with van der Waals surface area (Å²) in [5, 5.41) is 11.9. The molecule has 0 saturated carbocycles. The van der Waals surface area contributed by atoms with E-state index in [9.17, 15) is 0 Å². The molecule has 1 aromatic carbocycles. The first kappa shape index (κ1) is 14.3. The van der Waals surface area contributed by atoms with Crippen molar-refractivity contribution < 1.29 is 4.74 Å². The molecule has 0 atom stereocenters. The number of aryl methyl sites for hydroxylation is 1. The zero-order valence-corrected chi connectivity index (χ0v) is 12.4. The molecule has 104 valence electrons. The summed E-state index contributed by atoms with van der Waals surface area (Å²) in [4.78, 5) is 4.39. The number of rotatable bonds is 5. The zero-order chi connectivity index (χ0) is 14.4. The van der Waals surface area contributed by atoms with Crippen LogP contribution in [0, 0.1) is 6.92 Å². The second-order valence-corrected chi connectivity index (χ2v) is 4.75. The molecule has 0 radical (unpaired) electrons. The van der Waals surface area contributed by atoms with Crippen molar-refractivity contribution in [3.05, 3.63) is 41.9 Å². The third kappa shape index (κ3) is 3.71. The Labute approximate surface area is 122 Å². The van der Waals surface area contributed by atoms with Crippen molar-refractivity contribution in [2.24, 2.45) is 0 Å². The first-order chi connectivity index (χ1) is 9.72. The fraction of sp³-hybridized carbons (Fsp3) is 0.214. The fourth-order valence-electron chi connectivity index (χ4n) is 1.52. The van der Waals surface area contributed by atoms with Crippen LogP contribution in [-0.4, -0.2) is 28.5 Å². The molecule has 5 nitrogen and oxygen atoms in total. The smallest absolute Gasteiger partial charge is 0.209 e. The van der Waals surface area contributed by atoms with Gasteiger partial charge in [-0.15, -0.1) is 5.10 Å². The van der Waals surface area contributed by atoms with Gasteiger partial charge in [-0.2, -0.15) is 5.10 Å². The molecule has 0 spiro atoms. The Morgan fingerprint density at radius 2 is 1.95 bits per heavy atom. The minimum atomic E-state index is 0.666. The summed E-state index contributed by atoms with van der Waals surface area (Å²) in [5.74, 6) is 0.833. The van der Waals surface area contributed by atoms with Gasteiger partial charge in [0, 0.05) is 11.9 Å². The lowest BCUT2D eigenvalue weighted by atomic mass is 10.3. The van der Waals surface area contributed by atoms with E-state index in [1.807, 2.05) is 49.7 Å². The monoisotopic (exact) mass is 288 g/mol. The number of nitrogens with zero attached hydrogens (tertiary/aromatic N) is 3. The third-order valence-electron chi connectivity index (χ3n) is 2.64. The van der Waals surface area contributed by atoms with E-state index < -0.39 is 0 Å². The van der Waals surface area contributed by atoms with Crippen molar-refractivity contribution in [3.8, 4) is 5.75 Å². The van der Waals surface area contributed by atoms with Gasteiger partial charge in [0.25, 0.3) is 0 Å². The number of anilines is 1. The SMILES string of the molecule is COc1ccc(NC=Cc2nc(SC)nnc2C)cc1. The molecule has 2 aromatic rings. The minimum Gasteiger partial charge on any atom is -0.497 e. The molecule has 1 heterocycles. The van der Waals surface area contributed by atoms with Crippen molar-refractivity contribution in [2.75, 3.05) is 18.7 Å². The quantitative estimate of drug-likeness (QED) is 0.853. The van der Waals surface area contributed by atoms with Gasteiger partial charge in [0.15, 0.2) is 0 Å². The third-order valence-corrected chi connectivity index (χ3v) is 3.17. The van der Waals surface area contributed by atoms with Crippen LogP contribution in [0.25, 0.3) is 6.08 Å². The molecule has 1 aromatic heterocycles. The molecule has 1 N–H and O–H groups in total. The van der Waals surface area contributed by atoms with E-state index in [2.05, 4.69) is 20.5 Å². The Morgan fingerprint density at radius 3 is 2.60 bits per heavy atom. The minimum absolute atomic E-state index is 0.666. The van der Waals surface area contributed by atoms with Gasteiger partial charge >= 0.3 is 0 Å². The number of hydrogen-bond donors (Lipinski definition) is 1. The number of ether oxygens (including phenoxy) is 1. The number of methoxy groups -OCH3 is 1. The van der Waals surface area contributed by atoms with E-state index in [-0.39, 0.29) is 0 Å². The highest BCUT2D eigenvalue weighted by atomic mass is 32.2. The zero-order valence-electron chi connectivity index (χ0n) is 11.6. The van der Waals surface area contributed by atoms with Gasteiger partial charge in [-0.1, -0.05) is 11.8 Å². The average Bonchev–Trinajstić information content (AvgIpc) is 2.50. The second kappa shape index (κ2) is 6.91. The Kier molecular flexibility index (Phi) is 4.95. The maximum atomic E-state index is 5.11. The van der Waals surface area contributed by atoms with E-state index in [1.165, 1.54) is 11.8 Å². The Balaban J connectivity index is 2.05. The largest absolute Gasteiger partial charge is 0.497 e. The molecule has 0 aliphatic rings. The van der Waals surface area contributed by atoms with Crippen molar-refractivity contribution in [2.45, 2.75) is 12.1 Å². The number of hydrogen-bond acceptors (Lipinski definition) is 6. The van der Waals surface area contributed by atoms with Crippen molar-refractivity contribution in [1.29, 1.82) is 0 Å². The summed E-state index contributed by atoms with van der Waals surface area (Å²) < 4.78 is 5.11. The van der Waals surface area contributed by atoms with E-state index in [4.69, 9.17) is 4.74 Å². The first-order valence-electron chi connectivity index (χ1n) is 6.05. The molecule has 2 rings (SSSR count). The van der Waals surface area contributed by atoms with Crippen LogP contribution in [-0.2, 0) is 0 Å². The van der Waals surface area contributed by atoms with Gasteiger partial charge in [-0.25, -0.2) is 4.98 Å². The summed E-state index contributed by atoms with van der Waals surface area (Å²) in [5.41, 5.74) is 2.59. The van der Waals surface area contributed by atoms with Gasteiger partial charge in [-0.3, -0.25) is 0 Å². The van der Waals surface area contributed by atoms with E-state index in [0.29, 0.717) is 5.16 Å². The van der Waals surface area contributed by atoms with Crippen molar-refractivity contribution in [3.63, 3.8) is 0 Å². The molecule has 0 unspecified atom stereocenters. The number of aromatic nitrogens is 3. The molecule has 0 saturated heterocycles. The van der Waals surface area contributed by atoms with Crippen LogP contribution in [0.15, 0.2) is 35.6 Å². The van der Waals surface area contributed by atoms with Crippen LogP contribution in [0.2, 0.25) is 0 Å². The maximum absolute atomic E-state index is 5.11. The summed E-state index contributed by atoms with van der Waals surface area (Å²) >= 11 is 1.47. The van der Waals surface area contributed by atoms with Crippen LogP contribution >= 0.6 is 11.8 Å². The highest BCUT2D eigenvalue weighted by molar-refractivity contribution is 7.98. The Bertz CT molecular complexity index is 599. The Morgan fingerprint density at radius 1 is 1.20 bits per heavy atom. The highest BCUT2D eigenvalue weighted by Crippen LogP contribution is 2.15. The summed E-state index contributed by atoms with van der Waals surface area (Å²) in [6.07, 6.45) is 5.65. The van der Waals surface area contributed by atoms with Gasteiger partial charge in [-0.05, 0) is 43.5 Å². The average molecular weight is 288 g/mol. The predicted octanol–water partition coefficient (Wildman–Crippen LogP) is 2.99. The van der Waals surface area contributed by atoms with Gasteiger partial charge < -0.3 is 10.1 Å². The molecular formula is C14H16N4OS. The number of thioether (sulfide) groups is 1. The van der Waals surface area contributed by atoms with E-state index >= 15 is 0 Å². The molecule has 0 fully saturated rings.